The van der Waals surface area contributed by atoms with Gasteiger partial charge in [0.2, 0.25) is 14.8 Å². The summed E-state index contributed by atoms with van der Waals surface area (Å²) >= 11 is 0. The first-order valence-corrected chi connectivity index (χ1v) is 8.21. The summed E-state index contributed by atoms with van der Waals surface area (Å²) in [5.41, 5.74) is 0.998. The van der Waals surface area contributed by atoms with Crippen LogP contribution in [0.3, 0.4) is 0 Å². The van der Waals surface area contributed by atoms with Gasteiger partial charge in [-0.25, -0.2) is 8.42 Å². The molecule has 0 saturated carbocycles. The van der Waals surface area contributed by atoms with Crippen molar-refractivity contribution in [2.75, 3.05) is 6.61 Å². The van der Waals surface area contributed by atoms with Crippen molar-refractivity contribution in [1.82, 2.24) is 0 Å². The number of hydrogen-bond acceptors (Lipinski definition) is 5. The molecule has 110 valence electrons. The zero-order valence-electron chi connectivity index (χ0n) is 11.4. The van der Waals surface area contributed by atoms with Gasteiger partial charge >= 0.3 is 0 Å². The van der Waals surface area contributed by atoms with Crippen LogP contribution in [0.15, 0.2) is 29.2 Å². The summed E-state index contributed by atoms with van der Waals surface area (Å²) in [5.74, 6) is 0. The Morgan fingerprint density at radius 3 is 2.50 bits per heavy atom. The first-order valence-electron chi connectivity index (χ1n) is 6.72. The lowest BCUT2D eigenvalue weighted by Crippen LogP contribution is -2.36. The zero-order chi connectivity index (χ0) is 14.5. The van der Waals surface area contributed by atoms with Crippen molar-refractivity contribution in [2.24, 2.45) is 0 Å². The Hall–Kier alpha value is -0.950. The Morgan fingerprint density at radius 1 is 1.30 bits per heavy atom. The predicted molar refractivity (Wildman–Crippen MR) is 72.0 cm³/mol. The fourth-order valence-corrected chi connectivity index (χ4v) is 5.07. The maximum Gasteiger partial charge on any atom is 0.228 e. The van der Waals surface area contributed by atoms with Crippen LogP contribution in [-0.2, 0) is 19.3 Å². The molecule has 1 aromatic carbocycles. The van der Waals surface area contributed by atoms with Crippen LogP contribution < -0.4 is 0 Å². The number of fused-ring (bicyclic) bond motifs is 1. The average Bonchev–Trinajstić information content (AvgIpc) is 3.11. The molecular weight excluding hydrogens is 280 g/mol. The van der Waals surface area contributed by atoms with Gasteiger partial charge in [0.05, 0.1) is 11.5 Å². The lowest BCUT2D eigenvalue weighted by molar-refractivity contribution is -0.0581. The third kappa shape index (κ3) is 1.69. The van der Waals surface area contributed by atoms with Crippen molar-refractivity contribution < 1.29 is 23.0 Å². The predicted octanol–water partition coefficient (Wildman–Crippen LogP) is 1.03. The second kappa shape index (κ2) is 4.53. The highest BCUT2D eigenvalue weighted by molar-refractivity contribution is 7.93. The quantitative estimate of drug-likeness (QED) is 0.840. The maximum absolute atomic E-state index is 12.9. The van der Waals surface area contributed by atoms with Crippen molar-refractivity contribution in [2.45, 2.75) is 48.4 Å². The smallest absolute Gasteiger partial charge is 0.228 e. The number of benzene rings is 1. The Balaban J connectivity index is 2.02. The molecule has 2 fully saturated rings. The van der Waals surface area contributed by atoms with E-state index in [4.69, 9.17) is 9.47 Å². The van der Waals surface area contributed by atoms with Crippen molar-refractivity contribution in [3.63, 3.8) is 0 Å². The summed E-state index contributed by atoms with van der Waals surface area (Å²) in [5, 5.41) is 9.26. The maximum atomic E-state index is 12.9. The molecule has 3 rings (SSSR count). The molecule has 0 aromatic heterocycles. The number of epoxide rings is 1. The number of sulfone groups is 1. The summed E-state index contributed by atoms with van der Waals surface area (Å²) in [7, 11) is -3.64. The second-order valence-electron chi connectivity index (χ2n) is 5.33. The molecule has 2 aliphatic heterocycles. The monoisotopic (exact) mass is 298 g/mol. The molecule has 0 aliphatic carbocycles. The standard InChI is InChI=1S/C14H18O5S/c1-3-12-14(13(19-14)11(8-15)18-12)20(16,17)10-6-4-9(2)5-7-10/h4-7,11-13,15H,3,8H2,1-2H3/t11-,12+,13-,14-/m1/s1. The zero-order valence-corrected chi connectivity index (χ0v) is 12.3. The van der Waals surface area contributed by atoms with Crippen LogP contribution in [0.2, 0.25) is 0 Å². The highest BCUT2D eigenvalue weighted by Gasteiger charge is 2.78. The van der Waals surface area contributed by atoms with E-state index in [1.807, 2.05) is 13.8 Å². The van der Waals surface area contributed by atoms with E-state index in [0.717, 1.165) is 5.56 Å². The minimum absolute atomic E-state index is 0.230. The first kappa shape index (κ1) is 14.0. The molecule has 0 unspecified atom stereocenters. The highest BCUT2D eigenvalue weighted by atomic mass is 32.2. The summed E-state index contributed by atoms with van der Waals surface area (Å²) in [6, 6.07) is 6.72. The summed E-state index contributed by atoms with van der Waals surface area (Å²) < 4.78 is 36.8. The molecule has 0 bridgehead atoms. The van der Waals surface area contributed by atoms with Crippen LogP contribution in [0.5, 0.6) is 0 Å². The number of hydrogen-bond donors (Lipinski definition) is 1. The summed E-state index contributed by atoms with van der Waals surface area (Å²) in [6.07, 6.45) is -1.13. The van der Waals surface area contributed by atoms with Crippen molar-refractivity contribution in [3.05, 3.63) is 29.8 Å². The van der Waals surface area contributed by atoms with Gasteiger partial charge in [-0.2, -0.15) is 0 Å². The lowest BCUT2D eigenvalue weighted by atomic mass is 10.1. The Morgan fingerprint density at radius 2 is 1.95 bits per heavy atom. The van der Waals surface area contributed by atoms with E-state index in [2.05, 4.69) is 0 Å². The number of aryl methyl sites for hydroxylation is 1. The van der Waals surface area contributed by atoms with Crippen molar-refractivity contribution in [1.29, 1.82) is 0 Å². The van der Waals surface area contributed by atoms with Gasteiger partial charge in [0, 0.05) is 0 Å². The molecule has 2 saturated heterocycles. The van der Waals surface area contributed by atoms with E-state index >= 15 is 0 Å². The van der Waals surface area contributed by atoms with Crippen LogP contribution in [0.25, 0.3) is 0 Å². The average molecular weight is 298 g/mol. The van der Waals surface area contributed by atoms with E-state index in [-0.39, 0.29) is 11.5 Å². The van der Waals surface area contributed by atoms with E-state index in [1.165, 1.54) is 0 Å². The fourth-order valence-electron chi connectivity index (χ4n) is 2.95. The van der Waals surface area contributed by atoms with Gasteiger partial charge in [0.25, 0.3) is 0 Å². The minimum Gasteiger partial charge on any atom is -0.394 e. The molecule has 2 aliphatic rings. The number of ether oxygens (including phenoxy) is 2. The normalized spacial score (nSPS) is 35.9. The Bertz CT molecular complexity index is 609. The Kier molecular flexibility index (Phi) is 3.17. The molecule has 0 amide bonds. The van der Waals surface area contributed by atoms with Crippen LogP contribution in [0.4, 0.5) is 0 Å². The third-order valence-electron chi connectivity index (χ3n) is 4.08. The van der Waals surface area contributed by atoms with Gasteiger partial charge < -0.3 is 14.6 Å². The second-order valence-corrected chi connectivity index (χ2v) is 7.45. The van der Waals surface area contributed by atoms with Gasteiger partial charge in [-0.3, -0.25) is 0 Å². The molecule has 1 aromatic rings. The molecule has 20 heavy (non-hydrogen) atoms. The van der Waals surface area contributed by atoms with Gasteiger partial charge in [-0.05, 0) is 25.5 Å². The molecular formula is C14H18O5S. The fraction of sp³-hybridized carbons (Fsp3) is 0.571. The van der Waals surface area contributed by atoms with Crippen LogP contribution >= 0.6 is 0 Å². The van der Waals surface area contributed by atoms with Crippen molar-refractivity contribution in [3.8, 4) is 0 Å². The molecule has 2 heterocycles. The van der Waals surface area contributed by atoms with E-state index in [1.54, 1.807) is 24.3 Å². The number of aliphatic hydroxyl groups excluding tert-OH is 1. The Labute approximate surface area is 118 Å². The summed E-state index contributed by atoms with van der Waals surface area (Å²) in [4.78, 5) is -1.07. The SMILES string of the molecule is CC[C@@H]1O[C@H](CO)[C@H]2O[C@@]12S(=O)(=O)c1ccc(C)cc1. The van der Waals surface area contributed by atoms with Crippen molar-refractivity contribution >= 4 is 9.84 Å². The first-order chi connectivity index (χ1) is 9.47. The molecule has 1 N–H and O–H groups in total. The molecule has 0 spiro atoms. The molecule has 5 nitrogen and oxygen atoms in total. The number of aliphatic hydroxyl groups is 1. The van der Waals surface area contributed by atoms with Gasteiger partial charge in [0.15, 0.2) is 0 Å². The van der Waals surface area contributed by atoms with E-state index in [9.17, 15) is 13.5 Å². The lowest BCUT2D eigenvalue weighted by Gasteiger charge is -2.20. The van der Waals surface area contributed by atoms with E-state index < -0.39 is 33.1 Å². The molecule has 6 heteroatoms. The van der Waals surface area contributed by atoms with Crippen LogP contribution in [0, 0.1) is 6.92 Å². The van der Waals surface area contributed by atoms with Crippen LogP contribution in [-0.4, -0.2) is 43.4 Å². The topological polar surface area (TPSA) is 76.1 Å². The van der Waals surface area contributed by atoms with Gasteiger partial charge in [-0.15, -0.1) is 0 Å². The summed E-state index contributed by atoms with van der Waals surface area (Å²) in [6.45, 7) is 3.53. The van der Waals surface area contributed by atoms with Crippen LogP contribution in [0.1, 0.15) is 18.9 Å². The van der Waals surface area contributed by atoms with E-state index in [0.29, 0.717) is 6.42 Å². The minimum atomic E-state index is -3.64. The van der Waals surface area contributed by atoms with Gasteiger partial charge in [-0.1, -0.05) is 24.6 Å². The largest absolute Gasteiger partial charge is 0.394 e. The number of rotatable bonds is 4. The molecule has 4 atom stereocenters. The third-order valence-corrected chi connectivity index (χ3v) is 6.40. The highest BCUT2D eigenvalue weighted by Crippen LogP contribution is 2.56. The van der Waals surface area contributed by atoms with Gasteiger partial charge in [0.1, 0.15) is 18.3 Å². The molecule has 0 radical (unpaired) electrons.